The lowest BCUT2D eigenvalue weighted by molar-refractivity contribution is -0.131. The highest BCUT2D eigenvalue weighted by Crippen LogP contribution is 2.12. The van der Waals surface area contributed by atoms with Crippen LogP contribution < -0.4 is 10.1 Å². The number of hydrogen-bond donors (Lipinski definition) is 1. The maximum Gasteiger partial charge on any atom is 0.308 e. The third-order valence-corrected chi connectivity index (χ3v) is 2.19. The summed E-state index contributed by atoms with van der Waals surface area (Å²) in [5.41, 5.74) is 0.531. The Balaban J connectivity index is 2.46. The van der Waals surface area contributed by atoms with E-state index in [1.807, 2.05) is 0 Å². The van der Waals surface area contributed by atoms with Crippen molar-refractivity contribution in [2.24, 2.45) is 0 Å². The molecule has 1 N–H and O–H groups in total. The molecule has 0 spiro atoms. The van der Waals surface area contributed by atoms with Crippen LogP contribution >= 0.6 is 0 Å². The lowest BCUT2D eigenvalue weighted by Gasteiger charge is -2.06. The highest BCUT2D eigenvalue weighted by atomic mass is 16.5. The fourth-order valence-corrected chi connectivity index (χ4v) is 1.36. The summed E-state index contributed by atoms with van der Waals surface area (Å²) in [4.78, 5) is 22.4. The van der Waals surface area contributed by atoms with Gasteiger partial charge in [-0.25, -0.2) is 0 Å². The number of nitrogens with one attached hydrogen (secondary N) is 1. The third kappa shape index (κ3) is 4.97. The zero-order valence-electron chi connectivity index (χ0n) is 10.6. The quantitative estimate of drug-likeness (QED) is 0.471. The van der Waals surface area contributed by atoms with E-state index in [1.165, 1.54) is 6.92 Å². The number of methoxy groups -OCH3 is 1. The van der Waals surface area contributed by atoms with Gasteiger partial charge in [0.25, 0.3) is 5.91 Å². The Morgan fingerprint density at radius 2 is 1.89 bits per heavy atom. The molecule has 1 rings (SSSR count). The fourth-order valence-electron chi connectivity index (χ4n) is 1.36. The first kappa shape index (κ1) is 14.2. The minimum atomic E-state index is -0.383. The molecule has 0 saturated heterocycles. The molecule has 1 aromatic rings. The molecule has 1 aromatic carbocycles. The molecule has 0 atom stereocenters. The Bertz CT molecular complexity index is 400. The van der Waals surface area contributed by atoms with Crippen LogP contribution in [0.4, 0.5) is 0 Å². The van der Waals surface area contributed by atoms with Gasteiger partial charge < -0.3 is 14.8 Å². The summed E-state index contributed by atoms with van der Waals surface area (Å²) in [6, 6.07) is 6.41. The molecular weight excluding hydrogens is 234 g/mol. The van der Waals surface area contributed by atoms with Gasteiger partial charge in [0.2, 0.25) is 0 Å². The van der Waals surface area contributed by atoms with Crippen LogP contribution in [0, 0.1) is 0 Å². The van der Waals surface area contributed by atoms with Crippen LogP contribution in [-0.4, -0.2) is 32.1 Å². The molecule has 0 heterocycles. The minimum Gasteiger partial charge on any atom is -0.427 e. The third-order valence-electron chi connectivity index (χ3n) is 2.19. The summed E-state index contributed by atoms with van der Waals surface area (Å²) in [6.45, 7) is 2.51. The van der Waals surface area contributed by atoms with Crippen LogP contribution in [0.5, 0.6) is 5.75 Å². The van der Waals surface area contributed by atoms with E-state index in [0.29, 0.717) is 24.5 Å². The molecule has 18 heavy (non-hydrogen) atoms. The minimum absolute atomic E-state index is 0.152. The molecule has 0 unspecified atom stereocenters. The Morgan fingerprint density at radius 3 is 2.44 bits per heavy atom. The van der Waals surface area contributed by atoms with Crippen molar-refractivity contribution in [3.63, 3.8) is 0 Å². The molecule has 0 aliphatic heterocycles. The van der Waals surface area contributed by atoms with Crippen molar-refractivity contribution >= 4 is 11.9 Å². The van der Waals surface area contributed by atoms with E-state index in [1.54, 1.807) is 31.4 Å². The van der Waals surface area contributed by atoms with Crippen LogP contribution in [0.15, 0.2) is 24.3 Å². The van der Waals surface area contributed by atoms with Crippen LogP contribution in [0.25, 0.3) is 0 Å². The van der Waals surface area contributed by atoms with Crippen LogP contribution in [0.3, 0.4) is 0 Å². The summed E-state index contributed by atoms with van der Waals surface area (Å²) < 4.78 is 9.76. The van der Waals surface area contributed by atoms with Crippen LogP contribution in [-0.2, 0) is 9.53 Å². The smallest absolute Gasteiger partial charge is 0.308 e. The monoisotopic (exact) mass is 251 g/mol. The topological polar surface area (TPSA) is 64.6 Å². The molecule has 5 heteroatoms. The first-order valence-electron chi connectivity index (χ1n) is 5.69. The van der Waals surface area contributed by atoms with Gasteiger partial charge in [0, 0.05) is 32.7 Å². The van der Waals surface area contributed by atoms with Crippen molar-refractivity contribution < 1.29 is 19.1 Å². The normalized spacial score (nSPS) is 9.89. The van der Waals surface area contributed by atoms with E-state index in [-0.39, 0.29) is 11.9 Å². The lowest BCUT2D eigenvalue weighted by Crippen LogP contribution is -2.25. The Labute approximate surface area is 106 Å². The number of carbonyl (C=O) groups is 2. The van der Waals surface area contributed by atoms with Gasteiger partial charge in [-0.05, 0) is 30.7 Å². The fraction of sp³-hybridized carbons (Fsp3) is 0.385. The maximum absolute atomic E-state index is 11.7. The standard InChI is InChI=1S/C13H17NO4/c1-10(15)18-12-6-4-11(5-7-12)13(16)14-8-3-9-17-2/h4-7H,3,8-9H2,1-2H3,(H,14,16). The van der Waals surface area contributed by atoms with Gasteiger partial charge >= 0.3 is 5.97 Å². The first-order valence-corrected chi connectivity index (χ1v) is 5.69. The molecular formula is C13H17NO4. The maximum atomic E-state index is 11.7. The molecule has 98 valence electrons. The van der Waals surface area contributed by atoms with Crippen molar-refractivity contribution in [3.05, 3.63) is 29.8 Å². The van der Waals surface area contributed by atoms with Crippen molar-refractivity contribution in [1.82, 2.24) is 5.32 Å². The van der Waals surface area contributed by atoms with Gasteiger partial charge in [-0.3, -0.25) is 9.59 Å². The summed E-state index contributed by atoms with van der Waals surface area (Å²) in [5.74, 6) is -0.106. The SMILES string of the molecule is COCCCNC(=O)c1ccc(OC(C)=O)cc1. The van der Waals surface area contributed by atoms with E-state index >= 15 is 0 Å². The number of hydrogen-bond acceptors (Lipinski definition) is 4. The van der Waals surface area contributed by atoms with Crippen molar-refractivity contribution in [2.45, 2.75) is 13.3 Å². The van der Waals surface area contributed by atoms with E-state index in [9.17, 15) is 9.59 Å². The molecule has 0 radical (unpaired) electrons. The molecule has 0 bridgehead atoms. The lowest BCUT2D eigenvalue weighted by atomic mass is 10.2. The zero-order valence-corrected chi connectivity index (χ0v) is 10.6. The molecule has 1 amide bonds. The highest BCUT2D eigenvalue weighted by molar-refractivity contribution is 5.94. The van der Waals surface area contributed by atoms with Crippen molar-refractivity contribution in [2.75, 3.05) is 20.3 Å². The average molecular weight is 251 g/mol. The molecule has 0 saturated carbocycles. The Kier molecular flexibility index (Phi) is 5.87. The van der Waals surface area contributed by atoms with Crippen molar-refractivity contribution in [1.29, 1.82) is 0 Å². The second kappa shape index (κ2) is 7.45. The Morgan fingerprint density at radius 1 is 1.22 bits per heavy atom. The highest BCUT2D eigenvalue weighted by Gasteiger charge is 2.05. The second-order valence-corrected chi connectivity index (χ2v) is 3.72. The molecule has 0 aromatic heterocycles. The molecule has 0 aliphatic carbocycles. The van der Waals surface area contributed by atoms with Crippen LogP contribution in [0.1, 0.15) is 23.7 Å². The van der Waals surface area contributed by atoms with Crippen molar-refractivity contribution in [3.8, 4) is 5.75 Å². The summed E-state index contributed by atoms with van der Waals surface area (Å²) in [5, 5.41) is 2.77. The predicted octanol–water partition coefficient (Wildman–Crippen LogP) is 1.38. The summed E-state index contributed by atoms with van der Waals surface area (Å²) >= 11 is 0. The number of esters is 1. The van der Waals surface area contributed by atoms with E-state index in [4.69, 9.17) is 9.47 Å². The Hall–Kier alpha value is -1.88. The van der Waals surface area contributed by atoms with Gasteiger partial charge in [-0.15, -0.1) is 0 Å². The number of carbonyl (C=O) groups excluding carboxylic acids is 2. The van der Waals surface area contributed by atoms with Gasteiger partial charge in [-0.1, -0.05) is 0 Å². The zero-order chi connectivity index (χ0) is 13.4. The van der Waals surface area contributed by atoms with E-state index < -0.39 is 0 Å². The van der Waals surface area contributed by atoms with Gasteiger partial charge in [-0.2, -0.15) is 0 Å². The predicted molar refractivity (Wildman–Crippen MR) is 66.6 cm³/mol. The molecule has 5 nitrogen and oxygen atoms in total. The second-order valence-electron chi connectivity index (χ2n) is 3.72. The largest absolute Gasteiger partial charge is 0.427 e. The first-order chi connectivity index (χ1) is 8.63. The number of rotatable bonds is 6. The van der Waals surface area contributed by atoms with Gasteiger partial charge in [0.05, 0.1) is 0 Å². The number of ether oxygens (including phenoxy) is 2. The molecule has 0 fully saturated rings. The van der Waals surface area contributed by atoms with Gasteiger partial charge in [0.15, 0.2) is 0 Å². The van der Waals surface area contributed by atoms with Gasteiger partial charge in [0.1, 0.15) is 5.75 Å². The number of amides is 1. The summed E-state index contributed by atoms with van der Waals surface area (Å²) in [6.07, 6.45) is 0.772. The van der Waals surface area contributed by atoms with Crippen LogP contribution in [0.2, 0.25) is 0 Å². The molecule has 0 aliphatic rings. The number of benzene rings is 1. The summed E-state index contributed by atoms with van der Waals surface area (Å²) in [7, 11) is 1.62. The van der Waals surface area contributed by atoms with E-state index in [2.05, 4.69) is 5.32 Å². The average Bonchev–Trinajstić information content (AvgIpc) is 2.34. The van der Waals surface area contributed by atoms with E-state index in [0.717, 1.165) is 6.42 Å².